The molecule has 3 rings (SSSR count). The molecule has 0 amide bonds. The van der Waals surface area contributed by atoms with Crippen molar-refractivity contribution in [2.45, 2.75) is 19.5 Å². The van der Waals surface area contributed by atoms with E-state index in [-0.39, 0.29) is 5.56 Å². The van der Waals surface area contributed by atoms with E-state index in [0.717, 1.165) is 17.0 Å². The van der Waals surface area contributed by atoms with Crippen LogP contribution >= 0.6 is 0 Å². The molecule has 1 atom stereocenters. The van der Waals surface area contributed by atoms with Gasteiger partial charge in [0.15, 0.2) is 0 Å². The van der Waals surface area contributed by atoms with E-state index in [4.69, 9.17) is 0 Å². The maximum absolute atomic E-state index is 12.1. The van der Waals surface area contributed by atoms with Crippen LogP contribution in [-0.2, 0) is 6.54 Å². The van der Waals surface area contributed by atoms with Crippen molar-refractivity contribution in [2.75, 3.05) is 0 Å². The van der Waals surface area contributed by atoms with Gasteiger partial charge in [-0.1, -0.05) is 6.08 Å². The van der Waals surface area contributed by atoms with E-state index in [9.17, 15) is 4.79 Å². The van der Waals surface area contributed by atoms with Gasteiger partial charge in [0.1, 0.15) is 0 Å². The van der Waals surface area contributed by atoms with Gasteiger partial charge in [0.2, 0.25) is 0 Å². The monoisotopic (exact) mass is 230 g/mol. The first kappa shape index (κ1) is 10.0. The van der Waals surface area contributed by atoms with Crippen LogP contribution in [-0.4, -0.2) is 15.8 Å². The predicted molar refractivity (Wildman–Crippen MR) is 66.9 cm³/mol. The summed E-state index contributed by atoms with van der Waals surface area (Å²) in [6.07, 6.45) is 9.42. The second kappa shape index (κ2) is 3.69. The van der Waals surface area contributed by atoms with Crippen LogP contribution in [0.2, 0.25) is 0 Å². The molecular weight excluding hydrogens is 216 g/mol. The van der Waals surface area contributed by atoms with Gasteiger partial charge in [0, 0.05) is 12.2 Å². The number of rotatable bonds is 1. The predicted octanol–water partition coefficient (Wildman–Crippen LogP) is 0.597. The average molecular weight is 230 g/mol. The lowest BCUT2D eigenvalue weighted by Crippen LogP contribution is -2.25. The van der Waals surface area contributed by atoms with E-state index >= 15 is 0 Å². The van der Waals surface area contributed by atoms with Crippen molar-refractivity contribution in [1.29, 1.82) is 0 Å². The summed E-state index contributed by atoms with van der Waals surface area (Å²) >= 11 is 0. The lowest BCUT2D eigenvalue weighted by atomic mass is 10.2. The summed E-state index contributed by atoms with van der Waals surface area (Å²) in [5.41, 5.74) is 2.47. The van der Waals surface area contributed by atoms with Gasteiger partial charge in [-0.3, -0.25) is 9.89 Å². The molecule has 1 aromatic heterocycles. The van der Waals surface area contributed by atoms with Gasteiger partial charge in [-0.25, -0.2) is 4.68 Å². The highest BCUT2D eigenvalue weighted by Gasteiger charge is 2.16. The van der Waals surface area contributed by atoms with Crippen molar-refractivity contribution in [3.8, 4) is 0 Å². The molecule has 0 radical (unpaired) electrons. The zero-order chi connectivity index (χ0) is 11.8. The molecule has 0 saturated carbocycles. The van der Waals surface area contributed by atoms with Crippen LogP contribution in [0, 0.1) is 0 Å². The molecule has 3 N–H and O–H groups in total. The maximum atomic E-state index is 12.1. The van der Waals surface area contributed by atoms with E-state index in [2.05, 4.69) is 22.7 Å². The Morgan fingerprint density at radius 3 is 3.00 bits per heavy atom. The Hall–Kier alpha value is -2.17. The van der Waals surface area contributed by atoms with Gasteiger partial charge in [-0.05, 0) is 25.3 Å². The summed E-state index contributed by atoms with van der Waals surface area (Å²) in [6, 6.07) is 0.306. The second-order valence-corrected chi connectivity index (χ2v) is 4.24. The van der Waals surface area contributed by atoms with Crippen molar-refractivity contribution in [2.24, 2.45) is 0 Å². The molecule has 5 heteroatoms. The van der Waals surface area contributed by atoms with Crippen LogP contribution in [0.25, 0.3) is 11.8 Å². The van der Waals surface area contributed by atoms with Crippen LogP contribution in [0.5, 0.6) is 0 Å². The summed E-state index contributed by atoms with van der Waals surface area (Å²) in [4.78, 5) is 12.1. The van der Waals surface area contributed by atoms with E-state index < -0.39 is 0 Å². The van der Waals surface area contributed by atoms with E-state index in [1.165, 1.54) is 0 Å². The van der Waals surface area contributed by atoms with Crippen molar-refractivity contribution in [1.82, 2.24) is 20.4 Å². The van der Waals surface area contributed by atoms with Crippen LogP contribution in [0.1, 0.15) is 18.2 Å². The largest absolute Gasteiger partial charge is 0.385 e. The minimum atomic E-state index is -0.00926. The highest BCUT2D eigenvalue weighted by molar-refractivity contribution is 5.61. The van der Waals surface area contributed by atoms with Crippen molar-refractivity contribution < 1.29 is 0 Å². The highest BCUT2D eigenvalue weighted by atomic mass is 16.1. The SMILES string of the molecule is CC1C=CC(n2[nH]c3c(c2=O)C=CNC3)=CN1. The van der Waals surface area contributed by atoms with Crippen molar-refractivity contribution >= 4 is 11.8 Å². The van der Waals surface area contributed by atoms with Crippen LogP contribution in [0.15, 0.2) is 29.3 Å². The number of allylic oxidation sites excluding steroid dienone is 2. The molecule has 5 nitrogen and oxygen atoms in total. The average Bonchev–Trinajstić information content (AvgIpc) is 2.69. The van der Waals surface area contributed by atoms with Gasteiger partial charge in [-0.15, -0.1) is 0 Å². The third-order valence-electron chi connectivity index (χ3n) is 2.96. The van der Waals surface area contributed by atoms with Gasteiger partial charge in [-0.2, -0.15) is 0 Å². The smallest absolute Gasteiger partial charge is 0.278 e. The number of nitrogens with one attached hydrogen (secondary N) is 3. The Kier molecular flexibility index (Phi) is 2.18. The molecule has 88 valence electrons. The van der Waals surface area contributed by atoms with E-state index in [1.54, 1.807) is 17.0 Å². The lowest BCUT2D eigenvalue weighted by Gasteiger charge is -2.14. The second-order valence-electron chi connectivity index (χ2n) is 4.24. The van der Waals surface area contributed by atoms with E-state index in [0.29, 0.717) is 12.6 Å². The first-order valence-electron chi connectivity index (χ1n) is 5.64. The number of fused-ring (bicyclic) bond motifs is 1. The quantitative estimate of drug-likeness (QED) is 0.662. The Bertz CT molecular complexity index is 588. The number of aromatic amines is 1. The summed E-state index contributed by atoms with van der Waals surface area (Å²) in [7, 11) is 0. The van der Waals surface area contributed by atoms with Gasteiger partial charge < -0.3 is 10.6 Å². The number of nitrogens with zero attached hydrogens (tertiary/aromatic N) is 1. The summed E-state index contributed by atoms with van der Waals surface area (Å²) in [6.45, 7) is 2.72. The van der Waals surface area contributed by atoms with Crippen molar-refractivity contribution in [3.05, 3.63) is 46.2 Å². The molecule has 17 heavy (non-hydrogen) atoms. The Balaban J connectivity index is 2.06. The molecule has 3 heterocycles. The topological polar surface area (TPSA) is 61.9 Å². The standard InChI is InChI=1S/C12H14N4O/c1-8-2-3-9(6-14-8)16-12(17)10-4-5-13-7-11(10)15-16/h2-6,8,13-15H,7H2,1H3. The Labute approximate surface area is 98.5 Å². The lowest BCUT2D eigenvalue weighted by molar-refractivity contribution is 0.738. The molecule has 2 aliphatic rings. The number of aromatic nitrogens is 2. The molecular formula is C12H14N4O. The Morgan fingerprint density at radius 1 is 1.41 bits per heavy atom. The molecule has 0 bridgehead atoms. The van der Waals surface area contributed by atoms with E-state index in [1.807, 2.05) is 18.4 Å². The maximum Gasteiger partial charge on any atom is 0.278 e. The molecule has 1 unspecified atom stereocenters. The fourth-order valence-electron chi connectivity index (χ4n) is 1.99. The van der Waals surface area contributed by atoms with Crippen LogP contribution in [0.3, 0.4) is 0 Å². The normalized spacial score (nSPS) is 21.5. The van der Waals surface area contributed by atoms with Crippen molar-refractivity contribution in [3.63, 3.8) is 0 Å². The number of H-pyrrole nitrogens is 1. The summed E-state index contributed by atoms with van der Waals surface area (Å²) < 4.78 is 1.57. The number of dihydropyridines is 1. The minimum absolute atomic E-state index is 0.00926. The minimum Gasteiger partial charge on any atom is -0.385 e. The molecule has 0 fully saturated rings. The number of hydrogen-bond donors (Lipinski definition) is 3. The summed E-state index contributed by atoms with van der Waals surface area (Å²) in [5, 5.41) is 9.37. The molecule has 0 saturated heterocycles. The molecule has 0 aliphatic carbocycles. The summed E-state index contributed by atoms with van der Waals surface area (Å²) in [5.74, 6) is 0. The molecule has 1 aromatic rings. The first-order chi connectivity index (χ1) is 8.25. The zero-order valence-electron chi connectivity index (χ0n) is 9.53. The van der Waals surface area contributed by atoms with Gasteiger partial charge in [0.25, 0.3) is 5.56 Å². The fourth-order valence-corrected chi connectivity index (χ4v) is 1.99. The third kappa shape index (κ3) is 1.60. The highest BCUT2D eigenvalue weighted by Crippen LogP contribution is 2.12. The third-order valence-corrected chi connectivity index (χ3v) is 2.96. The molecule has 2 aliphatic heterocycles. The molecule has 0 spiro atoms. The van der Waals surface area contributed by atoms with Gasteiger partial charge in [0.05, 0.1) is 23.5 Å². The van der Waals surface area contributed by atoms with Gasteiger partial charge >= 0.3 is 0 Å². The van der Waals surface area contributed by atoms with Crippen LogP contribution < -0.4 is 16.2 Å². The zero-order valence-corrected chi connectivity index (χ0v) is 9.53. The fraction of sp³-hybridized carbons (Fsp3) is 0.250. The number of hydrogen-bond acceptors (Lipinski definition) is 3. The Morgan fingerprint density at radius 2 is 2.29 bits per heavy atom. The molecule has 0 aromatic carbocycles. The van der Waals surface area contributed by atoms with Crippen LogP contribution in [0.4, 0.5) is 0 Å². The first-order valence-corrected chi connectivity index (χ1v) is 5.64.